The molecule has 0 heterocycles. The van der Waals surface area contributed by atoms with Crippen molar-refractivity contribution in [3.05, 3.63) is 12.2 Å². The van der Waals surface area contributed by atoms with Crippen molar-refractivity contribution in [3.63, 3.8) is 0 Å². The summed E-state index contributed by atoms with van der Waals surface area (Å²) < 4.78 is 16.7. The van der Waals surface area contributed by atoms with Crippen molar-refractivity contribution >= 4 is 17.9 Å². The number of unbranched alkanes of at least 4 members (excludes halogenated alkanes) is 31. The number of hydrogen-bond donors (Lipinski definition) is 0. The number of ether oxygens (including phenoxy) is 3. The first-order valence-corrected chi connectivity index (χ1v) is 24.2. The maximum Gasteiger partial charge on any atom is 0.306 e. The molecule has 0 amide bonds. The summed E-state index contributed by atoms with van der Waals surface area (Å²) in [4.78, 5) is 37.7. The lowest BCUT2D eigenvalue weighted by Gasteiger charge is -2.18. The molecular weight excluding hydrogens is 685 g/mol. The van der Waals surface area contributed by atoms with E-state index in [9.17, 15) is 14.4 Å². The van der Waals surface area contributed by atoms with Crippen LogP contribution in [-0.2, 0) is 28.6 Å². The van der Waals surface area contributed by atoms with Crippen LogP contribution >= 0.6 is 0 Å². The third-order valence-corrected chi connectivity index (χ3v) is 10.8. The lowest BCUT2D eigenvalue weighted by molar-refractivity contribution is -0.167. The highest BCUT2D eigenvalue weighted by Crippen LogP contribution is 2.15. The first-order valence-electron chi connectivity index (χ1n) is 24.2. The van der Waals surface area contributed by atoms with Gasteiger partial charge >= 0.3 is 17.9 Å². The molecule has 0 N–H and O–H groups in total. The maximum atomic E-state index is 12.7. The zero-order valence-corrected chi connectivity index (χ0v) is 37.0. The Labute approximate surface area is 341 Å². The Hall–Kier alpha value is -1.85. The Bertz CT molecular complexity index is 854. The van der Waals surface area contributed by atoms with Crippen LogP contribution in [0.3, 0.4) is 0 Å². The van der Waals surface area contributed by atoms with Gasteiger partial charge in [0.1, 0.15) is 13.2 Å². The zero-order valence-electron chi connectivity index (χ0n) is 37.0. The Morgan fingerprint density at radius 2 is 0.600 bits per heavy atom. The highest BCUT2D eigenvalue weighted by Gasteiger charge is 2.19. The fraction of sp³-hybridized carbons (Fsp3) is 0.898. The second kappa shape index (κ2) is 44.9. The van der Waals surface area contributed by atoms with Gasteiger partial charge in [-0.3, -0.25) is 14.4 Å². The van der Waals surface area contributed by atoms with E-state index in [4.69, 9.17) is 14.2 Å². The number of allylic oxidation sites excluding steroid dienone is 2. The van der Waals surface area contributed by atoms with Crippen LogP contribution in [0.15, 0.2) is 12.2 Å². The van der Waals surface area contributed by atoms with Gasteiger partial charge in [0.15, 0.2) is 6.10 Å². The predicted molar refractivity (Wildman–Crippen MR) is 233 cm³/mol. The maximum absolute atomic E-state index is 12.7. The van der Waals surface area contributed by atoms with Gasteiger partial charge in [0, 0.05) is 19.3 Å². The molecule has 0 spiro atoms. The molecule has 0 aromatic heterocycles. The number of carbonyl (C=O) groups is 3. The predicted octanol–water partition coefficient (Wildman–Crippen LogP) is 15.4. The molecule has 0 saturated carbocycles. The third kappa shape index (κ3) is 43.1. The Kier molecular flexibility index (Phi) is 43.4. The molecule has 0 aromatic rings. The minimum Gasteiger partial charge on any atom is -0.462 e. The van der Waals surface area contributed by atoms with E-state index >= 15 is 0 Å². The van der Waals surface area contributed by atoms with Crippen molar-refractivity contribution in [1.29, 1.82) is 0 Å². The Morgan fingerprint density at radius 1 is 0.345 bits per heavy atom. The number of carbonyl (C=O) groups excluding carboxylic acids is 3. The van der Waals surface area contributed by atoms with Gasteiger partial charge in [0.25, 0.3) is 0 Å². The van der Waals surface area contributed by atoms with Crippen LogP contribution in [-0.4, -0.2) is 37.2 Å². The van der Waals surface area contributed by atoms with E-state index in [2.05, 4.69) is 32.9 Å². The van der Waals surface area contributed by atoms with E-state index in [1.165, 1.54) is 161 Å². The standard InChI is InChI=1S/C49H92O6/c1-4-7-10-13-16-19-21-23-24-25-26-28-30-33-36-39-42-48(51)54-45-46(44-53-47(50)41-38-35-32-29-18-15-12-9-6-3)55-49(52)43-40-37-34-31-27-22-20-17-14-11-8-5-2/h24-25,46H,4-23,26-45H2,1-3H3/b25-24-/t46-/m1/s1. The highest BCUT2D eigenvalue weighted by atomic mass is 16.6. The molecule has 0 aromatic carbocycles. The summed E-state index contributed by atoms with van der Waals surface area (Å²) in [6, 6.07) is 0. The summed E-state index contributed by atoms with van der Waals surface area (Å²) in [6.07, 6.45) is 47.6. The van der Waals surface area contributed by atoms with Gasteiger partial charge < -0.3 is 14.2 Å². The van der Waals surface area contributed by atoms with E-state index in [0.717, 1.165) is 64.2 Å². The zero-order chi connectivity index (χ0) is 40.1. The number of rotatable bonds is 44. The van der Waals surface area contributed by atoms with Crippen molar-refractivity contribution < 1.29 is 28.6 Å². The molecule has 0 rings (SSSR count). The van der Waals surface area contributed by atoms with Gasteiger partial charge in [-0.05, 0) is 44.9 Å². The van der Waals surface area contributed by atoms with E-state index in [-0.39, 0.29) is 31.1 Å². The molecule has 324 valence electrons. The van der Waals surface area contributed by atoms with Crippen molar-refractivity contribution in [3.8, 4) is 0 Å². The smallest absolute Gasteiger partial charge is 0.306 e. The molecule has 6 nitrogen and oxygen atoms in total. The molecule has 0 radical (unpaired) electrons. The minimum atomic E-state index is -0.764. The molecule has 0 aliphatic heterocycles. The second-order valence-corrected chi connectivity index (χ2v) is 16.4. The van der Waals surface area contributed by atoms with Gasteiger partial charge in [-0.1, -0.05) is 213 Å². The number of hydrogen-bond acceptors (Lipinski definition) is 6. The Balaban J connectivity index is 4.30. The van der Waals surface area contributed by atoms with Gasteiger partial charge in [-0.25, -0.2) is 0 Å². The molecule has 0 saturated heterocycles. The first-order chi connectivity index (χ1) is 27.0. The monoisotopic (exact) mass is 777 g/mol. The minimum absolute atomic E-state index is 0.0682. The van der Waals surface area contributed by atoms with E-state index in [1.807, 2.05) is 0 Å². The van der Waals surface area contributed by atoms with Crippen LogP contribution in [0.1, 0.15) is 265 Å². The van der Waals surface area contributed by atoms with Crippen molar-refractivity contribution in [1.82, 2.24) is 0 Å². The molecular formula is C49H92O6. The summed E-state index contributed by atoms with van der Waals surface area (Å²) in [6.45, 7) is 6.62. The Morgan fingerprint density at radius 3 is 0.909 bits per heavy atom. The molecule has 0 fully saturated rings. The highest BCUT2D eigenvalue weighted by molar-refractivity contribution is 5.71. The van der Waals surface area contributed by atoms with Gasteiger partial charge in [0.2, 0.25) is 0 Å². The quantitative estimate of drug-likeness (QED) is 0.0265. The fourth-order valence-corrected chi connectivity index (χ4v) is 7.08. The largest absolute Gasteiger partial charge is 0.462 e. The molecule has 55 heavy (non-hydrogen) atoms. The lowest BCUT2D eigenvalue weighted by Crippen LogP contribution is -2.30. The number of esters is 3. The van der Waals surface area contributed by atoms with Crippen molar-refractivity contribution in [2.45, 2.75) is 271 Å². The van der Waals surface area contributed by atoms with E-state index < -0.39 is 6.10 Å². The second-order valence-electron chi connectivity index (χ2n) is 16.4. The summed E-state index contributed by atoms with van der Waals surface area (Å²) >= 11 is 0. The summed E-state index contributed by atoms with van der Waals surface area (Å²) in [5.41, 5.74) is 0. The summed E-state index contributed by atoms with van der Waals surface area (Å²) in [7, 11) is 0. The van der Waals surface area contributed by atoms with Crippen molar-refractivity contribution in [2.75, 3.05) is 13.2 Å². The fourth-order valence-electron chi connectivity index (χ4n) is 7.08. The average Bonchev–Trinajstić information content (AvgIpc) is 3.18. The van der Waals surface area contributed by atoms with Gasteiger partial charge in [-0.15, -0.1) is 0 Å². The van der Waals surface area contributed by atoms with Crippen LogP contribution in [0.25, 0.3) is 0 Å². The van der Waals surface area contributed by atoms with Crippen molar-refractivity contribution in [2.24, 2.45) is 0 Å². The average molecular weight is 777 g/mol. The van der Waals surface area contributed by atoms with E-state index in [0.29, 0.717) is 19.3 Å². The SMILES string of the molecule is CCCCCCCCC/C=C\CCCCCCCC(=O)OC[C@@H](COC(=O)CCCCCCCCCCC)OC(=O)CCCCCCCCCCCCCC. The molecule has 0 aliphatic rings. The molecule has 0 bridgehead atoms. The van der Waals surface area contributed by atoms with Crippen LogP contribution in [0, 0.1) is 0 Å². The molecule has 1 atom stereocenters. The van der Waals surface area contributed by atoms with Crippen LogP contribution in [0.5, 0.6) is 0 Å². The van der Waals surface area contributed by atoms with Crippen LogP contribution in [0.4, 0.5) is 0 Å². The summed E-state index contributed by atoms with van der Waals surface area (Å²) in [5.74, 6) is -0.868. The lowest BCUT2D eigenvalue weighted by atomic mass is 10.0. The molecule has 0 unspecified atom stereocenters. The third-order valence-electron chi connectivity index (χ3n) is 10.8. The first kappa shape index (κ1) is 53.1. The van der Waals surface area contributed by atoms with Crippen LogP contribution in [0.2, 0.25) is 0 Å². The molecule has 6 heteroatoms. The summed E-state index contributed by atoms with van der Waals surface area (Å²) in [5, 5.41) is 0. The molecule has 0 aliphatic carbocycles. The van der Waals surface area contributed by atoms with Gasteiger partial charge in [0.05, 0.1) is 0 Å². The van der Waals surface area contributed by atoms with Crippen LogP contribution < -0.4 is 0 Å². The van der Waals surface area contributed by atoms with Gasteiger partial charge in [-0.2, -0.15) is 0 Å². The topological polar surface area (TPSA) is 78.9 Å². The van der Waals surface area contributed by atoms with E-state index in [1.54, 1.807) is 0 Å². The normalized spacial score (nSPS) is 12.0.